The molecule has 0 bridgehead atoms. The molecule has 0 saturated heterocycles. The maximum Gasteiger partial charge on any atom is 0.120 e. The van der Waals surface area contributed by atoms with Crippen molar-refractivity contribution < 1.29 is 0 Å². The first-order valence-electron chi connectivity index (χ1n) is 5.15. The molecular formula is C12H13N3. The quantitative estimate of drug-likeness (QED) is 0.713. The van der Waals surface area contributed by atoms with E-state index in [4.69, 9.17) is 0 Å². The number of benzene rings is 1. The second-order valence-corrected chi connectivity index (χ2v) is 3.74. The first-order chi connectivity index (χ1) is 7.43. The van der Waals surface area contributed by atoms with E-state index in [2.05, 4.69) is 52.2 Å². The molecule has 0 aliphatic carbocycles. The van der Waals surface area contributed by atoms with Gasteiger partial charge in [-0.05, 0) is 5.56 Å². The Morgan fingerprint density at radius 3 is 2.93 bits per heavy atom. The van der Waals surface area contributed by atoms with Crippen LogP contribution in [0, 0.1) is 0 Å². The Hall–Kier alpha value is -1.90. The number of nitrogens with one attached hydrogen (secondary N) is 2. The van der Waals surface area contributed by atoms with Crippen LogP contribution in [0.5, 0.6) is 0 Å². The van der Waals surface area contributed by atoms with Crippen LogP contribution < -0.4 is 10.6 Å². The van der Waals surface area contributed by atoms with Gasteiger partial charge in [-0.25, -0.2) is 0 Å². The lowest BCUT2D eigenvalue weighted by Crippen LogP contribution is -2.44. The van der Waals surface area contributed by atoms with Crippen LogP contribution in [-0.2, 0) is 0 Å². The second-order valence-electron chi connectivity index (χ2n) is 3.74. The maximum absolute atomic E-state index is 3.42. The highest BCUT2D eigenvalue weighted by Crippen LogP contribution is 2.18. The van der Waals surface area contributed by atoms with E-state index in [1.54, 1.807) is 0 Å². The molecule has 2 heterocycles. The second kappa shape index (κ2) is 3.35. The Morgan fingerprint density at radius 1 is 1.20 bits per heavy atom. The highest BCUT2D eigenvalue weighted by atomic mass is 15.3. The third kappa shape index (κ3) is 1.46. The summed E-state index contributed by atoms with van der Waals surface area (Å²) in [5.74, 6) is 0. The van der Waals surface area contributed by atoms with Gasteiger partial charge in [-0.1, -0.05) is 30.3 Å². The lowest BCUT2D eigenvalue weighted by Gasteiger charge is -2.29. The molecule has 2 N–H and O–H groups in total. The molecule has 76 valence electrons. The molecule has 1 unspecified atom stereocenters. The van der Waals surface area contributed by atoms with Gasteiger partial charge in [0.15, 0.2) is 0 Å². The number of hydrogen-bond donors (Lipinski definition) is 2. The summed E-state index contributed by atoms with van der Waals surface area (Å²) in [5.41, 5.74) is 2.41. The lowest BCUT2D eigenvalue weighted by molar-refractivity contribution is 0.345. The molecule has 3 rings (SSSR count). The minimum Gasteiger partial charge on any atom is -0.379 e. The average molecular weight is 199 g/mol. The molecule has 0 saturated carbocycles. The zero-order chi connectivity index (χ0) is 10.1. The number of fused-ring (bicyclic) bond motifs is 1. The minimum absolute atomic E-state index is 0.373. The zero-order valence-corrected chi connectivity index (χ0v) is 8.35. The van der Waals surface area contributed by atoms with Crippen molar-refractivity contribution in [1.82, 2.24) is 15.5 Å². The predicted octanol–water partition coefficient (Wildman–Crippen LogP) is 1.29. The summed E-state index contributed by atoms with van der Waals surface area (Å²) in [4.78, 5) is 2.19. The Bertz CT molecular complexity index is 408. The van der Waals surface area contributed by atoms with E-state index in [9.17, 15) is 0 Å². The van der Waals surface area contributed by atoms with E-state index >= 15 is 0 Å². The highest BCUT2D eigenvalue weighted by Gasteiger charge is 2.21. The SMILES string of the molecule is C1=CN2C=C(c3ccccc3)NCC2N1. The largest absolute Gasteiger partial charge is 0.379 e. The van der Waals surface area contributed by atoms with Crippen molar-refractivity contribution in [3.05, 3.63) is 54.5 Å². The third-order valence-corrected chi connectivity index (χ3v) is 2.74. The molecule has 2 aliphatic rings. The summed E-state index contributed by atoms with van der Waals surface area (Å²) in [6, 6.07) is 10.4. The molecule has 1 aromatic rings. The zero-order valence-electron chi connectivity index (χ0n) is 8.35. The van der Waals surface area contributed by atoms with Crippen molar-refractivity contribution in [3.63, 3.8) is 0 Å². The van der Waals surface area contributed by atoms with Crippen molar-refractivity contribution in [1.29, 1.82) is 0 Å². The summed E-state index contributed by atoms with van der Waals surface area (Å²) in [7, 11) is 0. The van der Waals surface area contributed by atoms with Gasteiger partial charge in [-0.15, -0.1) is 0 Å². The van der Waals surface area contributed by atoms with Gasteiger partial charge in [-0.2, -0.15) is 0 Å². The van der Waals surface area contributed by atoms with Crippen molar-refractivity contribution in [2.45, 2.75) is 6.17 Å². The fraction of sp³-hybridized carbons (Fsp3) is 0.167. The van der Waals surface area contributed by atoms with Crippen LogP contribution in [0.3, 0.4) is 0 Å². The van der Waals surface area contributed by atoms with Crippen LogP contribution in [0.1, 0.15) is 5.56 Å². The standard InChI is InChI=1S/C12H13N3/c1-2-4-10(5-3-1)11-9-15-7-6-13-12(15)8-14-11/h1-7,9,12-14H,8H2. The molecule has 3 heteroatoms. The van der Waals surface area contributed by atoms with Gasteiger partial charge in [0.05, 0.1) is 12.2 Å². The van der Waals surface area contributed by atoms with Crippen molar-refractivity contribution >= 4 is 5.70 Å². The van der Waals surface area contributed by atoms with Crippen molar-refractivity contribution in [2.75, 3.05) is 6.54 Å². The predicted molar refractivity (Wildman–Crippen MR) is 60.3 cm³/mol. The van der Waals surface area contributed by atoms with E-state index in [0.29, 0.717) is 6.17 Å². The highest BCUT2D eigenvalue weighted by molar-refractivity contribution is 5.64. The fourth-order valence-electron chi connectivity index (χ4n) is 1.92. The van der Waals surface area contributed by atoms with Crippen LogP contribution in [0.4, 0.5) is 0 Å². The lowest BCUT2D eigenvalue weighted by atomic mass is 10.1. The normalized spacial score (nSPS) is 22.8. The first kappa shape index (κ1) is 8.41. The maximum atomic E-state index is 3.42. The molecule has 1 aromatic carbocycles. The summed E-state index contributed by atoms with van der Waals surface area (Å²) in [5, 5.41) is 6.69. The molecule has 15 heavy (non-hydrogen) atoms. The van der Waals surface area contributed by atoms with Crippen molar-refractivity contribution in [3.8, 4) is 0 Å². The van der Waals surface area contributed by atoms with Crippen molar-refractivity contribution in [2.24, 2.45) is 0 Å². The molecular weight excluding hydrogens is 186 g/mol. The van der Waals surface area contributed by atoms with E-state index in [0.717, 1.165) is 6.54 Å². The smallest absolute Gasteiger partial charge is 0.120 e. The monoisotopic (exact) mass is 199 g/mol. The van der Waals surface area contributed by atoms with Gasteiger partial charge >= 0.3 is 0 Å². The number of hydrogen-bond acceptors (Lipinski definition) is 3. The molecule has 0 fully saturated rings. The topological polar surface area (TPSA) is 27.3 Å². The van der Waals surface area contributed by atoms with Gasteiger partial charge in [0.1, 0.15) is 6.17 Å². The van der Waals surface area contributed by atoms with Crippen LogP contribution >= 0.6 is 0 Å². The van der Waals surface area contributed by atoms with Gasteiger partial charge in [0.25, 0.3) is 0 Å². The Labute approximate surface area is 89.1 Å². The van der Waals surface area contributed by atoms with Crippen LogP contribution in [0.15, 0.2) is 48.9 Å². The molecule has 0 aromatic heterocycles. The number of nitrogens with zero attached hydrogens (tertiary/aromatic N) is 1. The van der Waals surface area contributed by atoms with Gasteiger partial charge in [-0.3, -0.25) is 0 Å². The van der Waals surface area contributed by atoms with Gasteiger partial charge in [0, 0.05) is 18.6 Å². The third-order valence-electron chi connectivity index (χ3n) is 2.74. The molecule has 0 radical (unpaired) electrons. The Morgan fingerprint density at radius 2 is 2.07 bits per heavy atom. The Balaban J connectivity index is 1.91. The molecule has 0 spiro atoms. The number of rotatable bonds is 1. The van der Waals surface area contributed by atoms with Crippen LogP contribution in [0.2, 0.25) is 0 Å². The Kier molecular flexibility index (Phi) is 1.88. The molecule has 3 nitrogen and oxygen atoms in total. The molecule has 2 aliphatic heterocycles. The average Bonchev–Trinajstić information content (AvgIpc) is 2.77. The summed E-state index contributed by atoms with van der Waals surface area (Å²) >= 11 is 0. The van der Waals surface area contributed by atoms with Gasteiger partial charge < -0.3 is 15.5 Å². The van der Waals surface area contributed by atoms with E-state index in [-0.39, 0.29) is 0 Å². The summed E-state index contributed by atoms with van der Waals surface area (Å²) in [6.45, 7) is 0.924. The summed E-state index contributed by atoms with van der Waals surface area (Å²) in [6.07, 6.45) is 6.56. The fourth-order valence-corrected chi connectivity index (χ4v) is 1.92. The van der Waals surface area contributed by atoms with Gasteiger partial charge in [0.2, 0.25) is 0 Å². The van der Waals surface area contributed by atoms with E-state index < -0.39 is 0 Å². The van der Waals surface area contributed by atoms with E-state index in [1.165, 1.54) is 11.3 Å². The minimum atomic E-state index is 0.373. The summed E-state index contributed by atoms with van der Waals surface area (Å²) < 4.78 is 0. The van der Waals surface area contributed by atoms with Crippen LogP contribution in [0.25, 0.3) is 5.70 Å². The van der Waals surface area contributed by atoms with Crippen LogP contribution in [-0.4, -0.2) is 17.6 Å². The molecule has 0 amide bonds. The van der Waals surface area contributed by atoms with E-state index in [1.807, 2.05) is 12.3 Å². The molecule has 1 atom stereocenters. The first-order valence-corrected chi connectivity index (χ1v) is 5.15.